The number of carbonyl (C=O) groups excluding carboxylic acids is 1. The van der Waals surface area contributed by atoms with E-state index in [9.17, 15) is 9.59 Å². The Bertz CT molecular complexity index is 414. The van der Waals surface area contributed by atoms with Crippen molar-refractivity contribution in [2.24, 2.45) is 0 Å². The van der Waals surface area contributed by atoms with E-state index < -0.39 is 5.97 Å². The van der Waals surface area contributed by atoms with Crippen LogP contribution in [0.15, 0.2) is 11.6 Å². The number of allylic oxidation sites excluding steroid dienone is 1. The SMILES string of the molecule is CCCCCCCCCCCCCC1OC(=O)/C1=C\CCCC(=O)O. The van der Waals surface area contributed by atoms with Gasteiger partial charge in [0.1, 0.15) is 6.10 Å². The molecule has 0 aromatic rings. The summed E-state index contributed by atoms with van der Waals surface area (Å²) in [6.45, 7) is 2.25. The Hall–Kier alpha value is -1.32. The molecule has 0 saturated carbocycles. The Morgan fingerprint density at radius 1 is 0.960 bits per heavy atom. The van der Waals surface area contributed by atoms with Crippen LogP contribution in [-0.4, -0.2) is 23.1 Å². The number of carboxylic acids is 1. The van der Waals surface area contributed by atoms with Gasteiger partial charge in [-0.05, 0) is 25.7 Å². The molecule has 0 aromatic heterocycles. The number of hydrogen-bond acceptors (Lipinski definition) is 3. The highest BCUT2D eigenvalue weighted by Gasteiger charge is 2.34. The fourth-order valence-electron chi connectivity index (χ4n) is 3.27. The number of hydrogen-bond donors (Lipinski definition) is 1. The molecule has 1 aliphatic heterocycles. The molecule has 1 heterocycles. The number of carbonyl (C=O) groups is 2. The highest BCUT2D eigenvalue weighted by Crippen LogP contribution is 2.27. The second-order valence-corrected chi connectivity index (χ2v) is 7.16. The van der Waals surface area contributed by atoms with Gasteiger partial charge in [-0.3, -0.25) is 4.79 Å². The van der Waals surface area contributed by atoms with Crippen molar-refractivity contribution in [3.8, 4) is 0 Å². The topological polar surface area (TPSA) is 63.6 Å². The normalized spacial score (nSPS) is 18.2. The van der Waals surface area contributed by atoms with Crippen molar-refractivity contribution in [3.63, 3.8) is 0 Å². The van der Waals surface area contributed by atoms with Gasteiger partial charge in [0.15, 0.2) is 0 Å². The molecule has 1 unspecified atom stereocenters. The first kappa shape index (κ1) is 21.7. The van der Waals surface area contributed by atoms with Crippen LogP contribution in [-0.2, 0) is 14.3 Å². The summed E-state index contributed by atoms with van der Waals surface area (Å²) in [5.41, 5.74) is 0.762. The Balaban J connectivity index is 1.96. The van der Waals surface area contributed by atoms with Gasteiger partial charge in [-0.1, -0.05) is 77.2 Å². The zero-order valence-electron chi connectivity index (χ0n) is 15.9. The first-order valence-electron chi connectivity index (χ1n) is 10.3. The highest BCUT2D eigenvalue weighted by atomic mass is 16.6. The summed E-state index contributed by atoms with van der Waals surface area (Å²) in [4.78, 5) is 21.9. The third-order valence-electron chi connectivity index (χ3n) is 4.86. The number of esters is 1. The molecule has 1 saturated heterocycles. The van der Waals surface area contributed by atoms with E-state index in [-0.39, 0.29) is 18.5 Å². The molecule has 4 nitrogen and oxygen atoms in total. The lowest BCUT2D eigenvalue weighted by Crippen LogP contribution is -2.36. The molecule has 0 radical (unpaired) electrons. The van der Waals surface area contributed by atoms with Crippen molar-refractivity contribution in [1.82, 2.24) is 0 Å². The molecule has 1 rings (SSSR count). The minimum atomic E-state index is -0.785. The monoisotopic (exact) mass is 352 g/mol. The van der Waals surface area contributed by atoms with Crippen LogP contribution in [0.4, 0.5) is 0 Å². The minimum Gasteiger partial charge on any atom is -0.481 e. The predicted molar refractivity (Wildman–Crippen MR) is 101 cm³/mol. The van der Waals surface area contributed by atoms with Gasteiger partial charge in [-0.2, -0.15) is 0 Å². The third kappa shape index (κ3) is 10.3. The molecule has 4 heteroatoms. The van der Waals surface area contributed by atoms with E-state index in [1.54, 1.807) is 0 Å². The molecule has 25 heavy (non-hydrogen) atoms. The van der Waals surface area contributed by atoms with Gasteiger partial charge in [0, 0.05) is 6.42 Å². The standard InChI is InChI=1S/C21H36O4/c1-2-3-4-5-6-7-8-9-10-11-12-16-19-18(21(24)25-19)15-13-14-17-20(22)23/h15,19H,2-14,16-17H2,1H3,(H,22,23)/b18-15-. The average molecular weight is 353 g/mol. The van der Waals surface area contributed by atoms with Crippen LogP contribution >= 0.6 is 0 Å². The Kier molecular flexibility index (Phi) is 12.1. The fourth-order valence-corrected chi connectivity index (χ4v) is 3.27. The van der Waals surface area contributed by atoms with Crippen molar-refractivity contribution in [1.29, 1.82) is 0 Å². The van der Waals surface area contributed by atoms with Crippen LogP contribution in [0.1, 0.15) is 103 Å². The first-order valence-corrected chi connectivity index (χ1v) is 10.3. The average Bonchev–Trinajstić information content (AvgIpc) is 2.58. The van der Waals surface area contributed by atoms with Gasteiger partial charge in [0.2, 0.25) is 0 Å². The van der Waals surface area contributed by atoms with Crippen molar-refractivity contribution < 1.29 is 19.4 Å². The summed E-state index contributed by atoms with van der Waals surface area (Å²) >= 11 is 0. The van der Waals surface area contributed by atoms with Crippen molar-refractivity contribution in [2.75, 3.05) is 0 Å². The van der Waals surface area contributed by atoms with E-state index in [2.05, 4.69) is 6.92 Å². The predicted octanol–water partition coefficient (Wildman–Crippen LogP) is 5.79. The maximum absolute atomic E-state index is 11.5. The number of ether oxygens (including phenoxy) is 1. The van der Waals surface area contributed by atoms with Crippen LogP contribution in [0, 0.1) is 0 Å². The highest BCUT2D eigenvalue weighted by molar-refractivity contribution is 5.95. The van der Waals surface area contributed by atoms with Crippen LogP contribution < -0.4 is 0 Å². The molecular formula is C21H36O4. The summed E-state index contributed by atoms with van der Waals surface area (Å²) in [6, 6.07) is 0. The van der Waals surface area contributed by atoms with Crippen LogP contribution in [0.3, 0.4) is 0 Å². The summed E-state index contributed by atoms with van der Waals surface area (Å²) in [6.07, 6.45) is 18.6. The zero-order chi connectivity index (χ0) is 18.3. The lowest BCUT2D eigenvalue weighted by molar-refractivity contribution is -0.156. The molecule has 0 aliphatic carbocycles. The molecule has 1 atom stereocenters. The number of unbranched alkanes of at least 4 members (excludes halogenated alkanes) is 11. The van der Waals surface area contributed by atoms with E-state index in [0.717, 1.165) is 18.4 Å². The largest absolute Gasteiger partial charge is 0.481 e. The van der Waals surface area contributed by atoms with E-state index in [0.29, 0.717) is 12.8 Å². The maximum Gasteiger partial charge on any atom is 0.338 e. The summed E-state index contributed by atoms with van der Waals surface area (Å²) in [7, 11) is 0. The molecular weight excluding hydrogens is 316 g/mol. The second-order valence-electron chi connectivity index (χ2n) is 7.16. The van der Waals surface area contributed by atoms with Crippen LogP contribution in [0.5, 0.6) is 0 Å². The fraction of sp³-hybridized carbons (Fsp3) is 0.810. The van der Waals surface area contributed by atoms with E-state index in [1.807, 2.05) is 6.08 Å². The Morgan fingerprint density at radius 2 is 1.52 bits per heavy atom. The van der Waals surface area contributed by atoms with Crippen molar-refractivity contribution >= 4 is 11.9 Å². The molecule has 1 N–H and O–H groups in total. The second kappa shape index (κ2) is 13.9. The molecule has 0 aromatic carbocycles. The Labute approximate surface area is 153 Å². The minimum absolute atomic E-state index is 0.0455. The van der Waals surface area contributed by atoms with Gasteiger partial charge in [-0.25, -0.2) is 4.79 Å². The third-order valence-corrected chi connectivity index (χ3v) is 4.86. The molecule has 144 valence electrons. The van der Waals surface area contributed by atoms with Gasteiger partial charge in [-0.15, -0.1) is 0 Å². The number of carboxylic acid groups (broad SMARTS) is 1. The summed E-state index contributed by atoms with van der Waals surface area (Å²) in [5, 5.41) is 8.61. The zero-order valence-corrected chi connectivity index (χ0v) is 15.9. The van der Waals surface area contributed by atoms with Gasteiger partial charge in [0.05, 0.1) is 5.57 Å². The molecule has 0 bridgehead atoms. The van der Waals surface area contributed by atoms with Gasteiger partial charge in [0.25, 0.3) is 0 Å². The van der Waals surface area contributed by atoms with Crippen LogP contribution in [0.25, 0.3) is 0 Å². The summed E-state index contributed by atoms with van der Waals surface area (Å²) in [5.74, 6) is -1.00. The van der Waals surface area contributed by atoms with Gasteiger partial charge >= 0.3 is 11.9 Å². The van der Waals surface area contributed by atoms with E-state index in [1.165, 1.54) is 64.2 Å². The number of rotatable bonds is 16. The smallest absolute Gasteiger partial charge is 0.338 e. The van der Waals surface area contributed by atoms with Crippen molar-refractivity contribution in [3.05, 3.63) is 11.6 Å². The van der Waals surface area contributed by atoms with Crippen molar-refractivity contribution in [2.45, 2.75) is 109 Å². The van der Waals surface area contributed by atoms with E-state index in [4.69, 9.17) is 9.84 Å². The molecule has 1 fully saturated rings. The maximum atomic E-state index is 11.5. The quantitative estimate of drug-likeness (QED) is 0.217. The van der Waals surface area contributed by atoms with E-state index >= 15 is 0 Å². The molecule has 0 spiro atoms. The number of aliphatic carboxylic acids is 1. The lowest BCUT2D eigenvalue weighted by Gasteiger charge is -2.29. The lowest BCUT2D eigenvalue weighted by atomic mass is 9.96. The number of cyclic esters (lactones) is 1. The van der Waals surface area contributed by atoms with Crippen LogP contribution in [0.2, 0.25) is 0 Å². The molecule has 1 aliphatic rings. The van der Waals surface area contributed by atoms with Gasteiger partial charge < -0.3 is 9.84 Å². The summed E-state index contributed by atoms with van der Waals surface area (Å²) < 4.78 is 5.20. The first-order chi connectivity index (χ1) is 12.1. The molecule has 0 amide bonds. The Morgan fingerprint density at radius 3 is 2.04 bits per heavy atom.